The van der Waals surface area contributed by atoms with Gasteiger partial charge in [0.1, 0.15) is 0 Å². The molecule has 4 heteroatoms. The molecule has 2 aromatic rings. The van der Waals surface area contributed by atoms with Crippen molar-refractivity contribution >= 4 is 10.0 Å². The fraction of sp³-hybridized carbons (Fsp3) is 0.158. The Labute approximate surface area is 137 Å². The molecule has 0 saturated heterocycles. The number of aryl methyl sites for hydroxylation is 1. The Morgan fingerprint density at radius 1 is 1.09 bits per heavy atom. The van der Waals surface area contributed by atoms with Crippen molar-refractivity contribution in [3.8, 4) is 0 Å². The van der Waals surface area contributed by atoms with Crippen molar-refractivity contribution < 1.29 is 8.42 Å². The average Bonchev–Trinajstić information content (AvgIpc) is 3.01. The van der Waals surface area contributed by atoms with Crippen LogP contribution in [0.1, 0.15) is 23.6 Å². The van der Waals surface area contributed by atoms with E-state index in [9.17, 15) is 8.42 Å². The van der Waals surface area contributed by atoms with Gasteiger partial charge in [-0.25, -0.2) is 8.42 Å². The van der Waals surface area contributed by atoms with Crippen LogP contribution in [0.25, 0.3) is 0 Å². The van der Waals surface area contributed by atoms with Crippen LogP contribution < -0.4 is 0 Å². The summed E-state index contributed by atoms with van der Waals surface area (Å²) in [5.41, 5.74) is 2.94. The van der Waals surface area contributed by atoms with E-state index in [0.29, 0.717) is 11.3 Å². The zero-order valence-corrected chi connectivity index (χ0v) is 13.8. The molecule has 2 aromatic carbocycles. The lowest BCUT2D eigenvalue weighted by atomic mass is 10.0. The minimum Gasteiger partial charge on any atom is -0.265 e. The summed E-state index contributed by atoms with van der Waals surface area (Å²) in [6.45, 7) is 5.72. The van der Waals surface area contributed by atoms with E-state index in [4.69, 9.17) is 0 Å². The van der Waals surface area contributed by atoms with Gasteiger partial charge in [-0.05, 0) is 36.6 Å². The van der Waals surface area contributed by atoms with Crippen molar-refractivity contribution in [2.75, 3.05) is 0 Å². The average molecular weight is 325 g/mol. The second-order valence-corrected chi connectivity index (χ2v) is 7.53. The van der Waals surface area contributed by atoms with Crippen molar-refractivity contribution in [3.63, 3.8) is 0 Å². The van der Waals surface area contributed by atoms with E-state index in [0.717, 1.165) is 16.7 Å². The molecule has 0 spiro atoms. The Morgan fingerprint density at radius 2 is 1.74 bits per heavy atom. The molecule has 3 nitrogen and oxygen atoms in total. The predicted molar refractivity (Wildman–Crippen MR) is 92.3 cm³/mol. The third-order valence-corrected chi connectivity index (χ3v) is 5.86. The zero-order chi connectivity index (χ0) is 16.4. The SMILES string of the molecule is C=CC1=CN(S(=O)(=O)c2ccc(C)cc2)C(c2ccccc2)C1. The van der Waals surface area contributed by atoms with Gasteiger partial charge in [0.2, 0.25) is 0 Å². The summed E-state index contributed by atoms with van der Waals surface area (Å²) >= 11 is 0. The summed E-state index contributed by atoms with van der Waals surface area (Å²) in [4.78, 5) is 0.311. The molecule has 0 saturated carbocycles. The topological polar surface area (TPSA) is 37.4 Å². The molecule has 0 radical (unpaired) electrons. The quantitative estimate of drug-likeness (QED) is 0.845. The van der Waals surface area contributed by atoms with Gasteiger partial charge in [-0.3, -0.25) is 4.31 Å². The first kappa shape index (κ1) is 15.6. The summed E-state index contributed by atoms with van der Waals surface area (Å²) in [5, 5.41) is 0. The van der Waals surface area contributed by atoms with Crippen molar-refractivity contribution in [1.82, 2.24) is 4.31 Å². The van der Waals surface area contributed by atoms with Crippen LogP contribution >= 0.6 is 0 Å². The first-order chi connectivity index (χ1) is 11.0. The molecule has 1 atom stereocenters. The van der Waals surface area contributed by atoms with Crippen LogP contribution in [0.2, 0.25) is 0 Å². The van der Waals surface area contributed by atoms with Gasteiger partial charge in [-0.15, -0.1) is 0 Å². The highest BCUT2D eigenvalue weighted by Gasteiger charge is 2.34. The van der Waals surface area contributed by atoms with Gasteiger partial charge < -0.3 is 0 Å². The number of nitrogens with zero attached hydrogens (tertiary/aromatic N) is 1. The summed E-state index contributed by atoms with van der Waals surface area (Å²) in [7, 11) is -3.59. The molecular formula is C19H19NO2S. The molecule has 0 amide bonds. The van der Waals surface area contributed by atoms with Gasteiger partial charge in [0, 0.05) is 6.20 Å². The molecule has 0 fully saturated rings. The molecule has 1 aliphatic rings. The van der Waals surface area contributed by atoms with Gasteiger partial charge in [0.05, 0.1) is 10.9 Å². The molecule has 0 aliphatic carbocycles. The smallest absolute Gasteiger partial charge is 0.264 e. The van der Waals surface area contributed by atoms with Crippen LogP contribution in [-0.2, 0) is 10.0 Å². The lowest BCUT2D eigenvalue weighted by Crippen LogP contribution is -2.27. The van der Waals surface area contributed by atoms with Crippen LogP contribution in [0.3, 0.4) is 0 Å². The van der Waals surface area contributed by atoms with E-state index in [1.165, 1.54) is 4.31 Å². The molecule has 0 bridgehead atoms. The fourth-order valence-electron chi connectivity index (χ4n) is 2.76. The molecule has 0 N–H and O–H groups in total. The zero-order valence-electron chi connectivity index (χ0n) is 13.0. The van der Waals surface area contributed by atoms with E-state index in [-0.39, 0.29) is 6.04 Å². The third kappa shape index (κ3) is 2.94. The third-order valence-electron chi connectivity index (χ3n) is 4.07. The van der Waals surface area contributed by atoms with Crippen LogP contribution in [0.15, 0.2) is 83.9 Å². The number of benzene rings is 2. The number of hydrogen-bond donors (Lipinski definition) is 0. The van der Waals surface area contributed by atoms with Crippen LogP contribution in [0.5, 0.6) is 0 Å². The Morgan fingerprint density at radius 3 is 2.35 bits per heavy atom. The molecular weight excluding hydrogens is 306 g/mol. The summed E-state index contributed by atoms with van der Waals surface area (Å²) in [5.74, 6) is 0. The van der Waals surface area contributed by atoms with Gasteiger partial charge in [0.15, 0.2) is 0 Å². The Balaban J connectivity index is 2.05. The second kappa shape index (κ2) is 6.05. The number of sulfonamides is 1. The van der Waals surface area contributed by atoms with Crippen molar-refractivity contribution in [2.45, 2.75) is 24.3 Å². The highest BCUT2D eigenvalue weighted by Crippen LogP contribution is 2.38. The van der Waals surface area contributed by atoms with Gasteiger partial charge in [0.25, 0.3) is 10.0 Å². The summed E-state index contributed by atoms with van der Waals surface area (Å²) in [6, 6.07) is 16.4. The summed E-state index contributed by atoms with van der Waals surface area (Å²) < 4.78 is 27.5. The second-order valence-electron chi connectivity index (χ2n) is 5.69. The van der Waals surface area contributed by atoms with E-state index < -0.39 is 10.0 Å². The molecule has 0 aromatic heterocycles. The van der Waals surface area contributed by atoms with Crippen molar-refractivity contribution in [2.24, 2.45) is 0 Å². The van der Waals surface area contributed by atoms with E-state index in [2.05, 4.69) is 6.58 Å². The van der Waals surface area contributed by atoms with Crippen LogP contribution in [0.4, 0.5) is 0 Å². The predicted octanol–water partition coefficient (Wildman–Crippen LogP) is 4.20. The maximum atomic E-state index is 13.0. The highest BCUT2D eigenvalue weighted by molar-refractivity contribution is 7.89. The fourth-order valence-corrected chi connectivity index (χ4v) is 4.29. The van der Waals surface area contributed by atoms with Crippen LogP contribution in [0, 0.1) is 6.92 Å². The lowest BCUT2D eigenvalue weighted by molar-refractivity contribution is 0.433. The first-order valence-corrected chi connectivity index (χ1v) is 8.94. The Kier molecular flexibility index (Phi) is 4.09. The molecule has 3 rings (SSSR count). The molecule has 118 valence electrons. The first-order valence-electron chi connectivity index (χ1n) is 7.50. The molecule has 23 heavy (non-hydrogen) atoms. The summed E-state index contributed by atoms with van der Waals surface area (Å²) in [6.07, 6.45) is 4.05. The van der Waals surface area contributed by atoms with Crippen molar-refractivity contribution in [3.05, 3.63) is 90.2 Å². The standard InChI is InChI=1S/C19H19NO2S/c1-3-16-13-19(17-7-5-4-6-8-17)20(14-16)23(21,22)18-11-9-15(2)10-12-18/h3-12,14,19H,1,13H2,2H3. The largest absolute Gasteiger partial charge is 0.265 e. The molecule has 1 aliphatic heterocycles. The number of hydrogen-bond acceptors (Lipinski definition) is 2. The van der Waals surface area contributed by atoms with Crippen LogP contribution in [-0.4, -0.2) is 12.7 Å². The van der Waals surface area contributed by atoms with E-state index in [1.54, 1.807) is 24.4 Å². The van der Waals surface area contributed by atoms with E-state index in [1.807, 2.05) is 49.4 Å². The maximum absolute atomic E-state index is 13.0. The van der Waals surface area contributed by atoms with E-state index >= 15 is 0 Å². The van der Waals surface area contributed by atoms with Gasteiger partial charge >= 0.3 is 0 Å². The maximum Gasteiger partial charge on any atom is 0.264 e. The molecule has 1 heterocycles. The number of allylic oxidation sites excluding steroid dienone is 1. The Hall–Kier alpha value is -2.33. The van der Waals surface area contributed by atoms with Gasteiger partial charge in [-0.2, -0.15) is 0 Å². The minimum absolute atomic E-state index is 0.226. The lowest BCUT2D eigenvalue weighted by Gasteiger charge is -2.25. The number of rotatable bonds is 4. The highest BCUT2D eigenvalue weighted by atomic mass is 32.2. The monoisotopic (exact) mass is 325 g/mol. The van der Waals surface area contributed by atoms with Gasteiger partial charge in [-0.1, -0.05) is 60.7 Å². The minimum atomic E-state index is -3.59. The normalized spacial score (nSPS) is 17.9. The van der Waals surface area contributed by atoms with Crippen molar-refractivity contribution in [1.29, 1.82) is 0 Å². The molecule has 1 unspecified atom stereocenters. The Bertz CT molecular complexity index is 837.